The second-order valence-corrected chi connectivity index (χ2v) is 5.46. The molecule has 1 aliphatic heterocycles. The van der Waals surface area contributed by atoms with Gasteiger partial charge in [-0.15, -0.1) is 0 Å². The number of likely N-dealkylation sites (N-methyl/N-ethyl adjacent to an activating group) is 1. The Morgan fingerprint density at radius 3 is 2.86 bits per heavy atom. The first-order chi connectivity index (χ1) is 10.1. The van der Waals surface area contributed by atoms with Crippen LogP contribution < -0.4 is 0 Å². The SMILES string of the molecule is Cc1ccc(C(=O)N2CCCN(C)CC2)c(C#CCO)c1. The number of hydrogen-bond donors (Lipinski definition) is 1. The predicted octanol–water partition coefficient (Wildman–Crippen LogP) is 1.12. The molecule has 1 aliphatic rings. The zero-order valence-corrected chi connectivity index (χ0v) is 12.7. The summed E-state index contributed by atoms with van der Waals surface area (Å²) in [7, 11) is 2.08. The zero-order valence-electron chi connectivity index (χ0n) is 12.7. The number of hydrogen-bond acceptors (Lipinski definition) is 3. The van der Waals surface area contributed by atoms with Crippen LogP contribution in [0.2, 0.25) is 0 Å². The van der Waals surface area contributed by atoms with E-state index in [1.807, 2.05) is 30.0 Å². The van der Waals surface area contributed by atoms with E-state index in [4.69, 9.17) is 5.11 Å². The van der Waals surface area contributed by atoms with Gasteiger partial charge in [-0.05, 0) is 44.6 Å². The minimum Gasteiger partial charge on any atom is -0.384 e. The maximum Gasteiger partial charge on any atom is 0.255 e. The Balaban J connectivity index is 2.25. The summed E-state index contributed by atoms with van der Waals surface area (Å²) in [5, 5.41) is 8.87. The second kappa shape index (κ2) is 7.26. The lowest BCUT2D eigenvalue weighted by atomic mass is 10.0. The summed E-state index contributed by atoms with van der Waals surface area (Å²) in [5.74, 6) is 5.56. The van der Waals surface area contributed by atoms with E-state index in [2.05, 4.69) is 23.8 Å². The molecule has 1 heterocycles. The van der Waals surface area contributed by atoms with E-state index in [1.165, 1.54) is 0 Å². The van der Waals surface area contributed by atoms with Crippen molar-refractivity contribution >= 4 is 5.91 Å². The second-order valence-electron chi connectivity index (χ2n) is 5.46. The molecule has 0 aliphatic carbocycles. The molecule has 112 valence electrons. The molecular weight excluding hydrogens is 264 g/mol. The van der Waals surface area contributed by atoms with Crippen LogP contribution in [0, 0.1) is 18.8 Å². The van der Waals surface area contributed by atoms with Crippen molar-refractivity contribution in [1.82, 2.24) is 9.80 Å². The summed E-state index contributed by atoms with van der Waals surface area (Å²) < 4.78 is 0. The van der Waals surface area contributed by atoms with Crippen LogP contribution >= 0.6 is 0 Å². The van der Waals surface area contributed by atoms with Gasteiger partial charge in [0.05, 0.1) is 5.56 Å². The molecule has 1 saturated heterocycles. The first-order valence-corrected chi connectivity index (χ1v) is 7.30. The monoisotopic (exact) mass is 286 g/mol. The Morgan fingerprint density at radius 2 is 2.10 bits per heavy atom. The van der Waals surface area contributed by atoms with Gasteiger partial charge in [0.25, 0.3) is 5.91 Å². The molecule has 0 unspecified atom stereocenters. The number of nitrogens with zero attached hydrogens (tertiary/aromatic N) is 2. The number of carbonyl (C=O) groups is 1. The van der Waals surface area contributed by atoms with Crippen LogP contribution in [0.15, 0.2) is 18.2 Å². The summed E-state index contributed by atoms with van der Waals surface area (Å²) in [6.07, 6.45) is 0.992. The molecule has 1 aromatic carbocycles. The molecule has 4 heteroatoms. The molecule has 0 bridgehead atoms. The highest BCUT2D eigenvalue weighted by molar-refractivity contribution is 5.96. The standard InChI is InChI=1S/C17H22N2O2/c1-14-6-7-16(15(13-14)5-3-12-20)17(21)19-9-4-8-18(2)10-11-19/h6-7,13,20H,4,8-12H2,1-2H3. The highest BCUT2D eigenvalue weighted by Gasteiger charge is 2.20. The van der Waals surface area contributed by atoms with Crippen molar-refractivity contribution in [2.24, 2.45) is 0 Å². The van der Waals surface area contributed by atoms with Crippen LogP contribution in [0.25, 0.3) is 0 Å². The van der Waals surface area contributed by atoms with Gasteiger partial charge in [0.1, 0.15) is 6.61 Å². The summed E-state index contributed by atoms with van der Waals surface area (Å²) in [5.41, 5.74) is 2.39. The molecule has 2 rings (SSSR count). The van der Waals surface area contributed by atoms with Crippen LogP contribution in [-0.4, -0.2) is 60.6 Å². The Labute approximate surface area is 126 Å². The fourth-order valence-electron chi connectivity index (χ4n) is 2.50. The molecule has 1 amide bonds. The maximum atomic E-state index is 12.7. The largest absolute Gasteiger partial charge is 0.384 e. The van der Waals surface area contributed by atoms with Gasteiger partial charge in [0.15, 0.2) is 0 Å². The molecule has 0 spiro atoms. The summed E-state index contributed by atoms with van der Waals surface area (Å²) >= 11 is 0. The van der Waals surface area contributed by atoms with Crippen LogP contribution in [0.1, 0.15) is 27.9 Å². The van der Waals surface area contributed by atoms with E-state index >= 15 is 0 Å². The molecule has 0 atom stereocenters. The lowest BCUT2D eigenvalue weighted by Gasteiger charge is -2.21. The molecule has 1 fully saturated rings. The third kappa shape index (κ3) is 4.07. The van der Waals surface area contributed by atoms with Gasteiger partial charge >= 0.3 is 0 Å². The van der Waals surface area contributed by atoms with Crippen LogP contribution in [0.5, 0.6) is 0 Å². The fraction of sp³-hybridized carbons (Fsp3) is 0.471. The maximum absolute atomic E-state index is 12.7. The Morgan fingerprint density at radius 1 is 1.29 bits per heavy atom. The van der Waals surface area contributed by atoms with Gasteiger partial charge in [-0.1, -0.05) is 17.9 Å². The van der Waals surface area contributed by atoms with Crippen LogP contribution in [0.4, 0.5) is 0 Å². The van der Waals surface area contributed by atoms with Gasteiger partial charge in [0.2, 0.25) is 0 Å². The van der Waals surface area contributed by atoms with Crippen LogP contribution in [-0.2, 0) is 0 Å². The van der Waals surface area contributed by atoms with Crippen molar-refractivity contribution in [3.63, 3.8) is 0 Å². The lowest BCUT2D eigenvalue weighted by molar-refractivity contribution is 0.0762. The van der Waals surface area contributed by atoms with Crippen LogP contribution in [0.3, 0.4) is 0 Å². The topological polar surface area (TPSA) is 43.8 Å². The lowest BCUT2D eigenvalue weighted by Crippen LogP contribution is -2.34. The number of aliphatic hydroxyl groups excluding tert-OH is 1. The number of rotatable bonds is 1. The highest BCUT2D eigenvalue weighted by atomic mass is 16.2. The van der Waals surface area contributed by atoms with Gasteiger partial charge in [-0.25, -0.2) is 0 Å². The normalized spacial score (nSPS) is 16.0. The van der Waals surface area contributed by atoms with Crippen molar-refractivity contribution in [3.05, 3.63) is 34.9 Å². The first-order valence-electron chi connectivity index (χ1n) is 7.30. The van der Waals surface area contributed by atoms with Crippen molar-refractivity contribution in [3.8, 4) is 11.8 Å². The Bertz CT molecular complexity index is 572. The van der Waals surface area contributed by atoms with E-state index in [0.717, 1.165) is 38.2 Å². The third-order valence-corrected chi connectivity index (χ3v) is 3.71. The van der Waals surface area contributed by atoms with E-state index < -0.39 is 0 Å². The number of carbonyl (C=O) groups excluding carboxylic acids is 1. The Hall–Kier alpha value is -1.83. The average molecular weight is 286 g/mol. The van der Waals surface area contributed by atoms with E-state index in [0.29, 0.717) is 11.1 Å². The summed E-state index contributed by atoms with van der Waals surface area (Å²) in [6.45, 7) is 5.22. The molecule has 0 radical (unpaired) electrons. The minimum atomic E-state index is -0.198. The summed E-state index contributed by atoms with van der Waals surface area (Å²) in [6, 6.07) is 5.68. The van der Waals surface area contributed by atoms with E-state index in [9.17, 15) is 4.79 Å². The molecular formula is C17H22N2O2. The highest BCUT2D eigenvalue weighted by Crippen LogP contribution is 2.15. The predicted molar refractivity (Wildman–Crippen MR) is 83.2 cm³/mol. The first kappa shape index (κ1) is 15.6. The Kier molecular flexibility index (Phi) is 5.38. The zero-order chi connectivity index (χ0) is 15.2. The molecule has 1 aromatic rings. The number of amides is 1. The molecule has 0 saturated carbocycles. The van der Waals surface area contributed by atoms with Crippen molar-refractivity contribution in [2.75, 3.05) is 39.8 Å². The fourth-order valence-corrected chi connectivity index (χ4v) is 2.50. The summed E-state index contributed by atoms with van der Waals surface area (Å²) in [4.78, 5) is 16.9. The third-order valence-electron chi connectivity index (χ3n) is 3.71. The van der Waals surface area contributed by atoms with E-state index in [-0.39, 0.29) is 12.5 Å². The molecule has 0 aromatic heterocycles. The molecule has 21 heavy (non-hydrogen) atoms. The number of benzene rings is 1. The number of aliphatic hydroxyl groups is 1. The number of aryl methyl sites for hydroxylation is 1. The molecule has 1 N–H and O–H groups in total. The van der Waals surface area contributed by atoms with Crippen molar-refractivity contribution in [2.45, 2.75) is 13.3 Å². The average Bonchev–Trinajstić information content (AvgIpc) is 2.69. The smallest absolute Gasteiger partial charge is 0.255 e. The quantitative estimate of drug-likeness (QED) is 0.787. The van der Waals surface area contributed by atoms with Crippen molar-refractivity contribution < 1.29 is 9.90 Å². The van der Waals surface area contributed by atoms with Gasteiger partial charge < -0.3 is 14.9 Å². The van der Waals surface area contributed by atoms with Gasteiger partial charge in [-0.2, -0.15) is 0 Å². The van der Waals surface area contributed by atoms with Crippen molar-refractivity contribution in [1.29, 1.82) is 0 Å². The van der Waals surface area contributed by atoms with Gasteiger partial charge in [0, 0.05) is 25.2 Å². The minimum absolute atomic E-state index is 0.0348. The van der Waals surface area contributed by atoms with E-state index in [1.54, 1.807) is 0 Å². The molecule has 4 nitrogen and oxygen atoms in total. The van der Waals surface area contributed by atoms with Gasteiger partial charge in [-0.3, -0.25) is 4.79 Å².